The summed E-state index contributed by atoms with van der Waals surface area (Å²) in [6.07, 6.45) is 0. The third kappa shape index (κ3) is 5.48. The van der Waals surface area contributed by atoms with Gasteiger partial charge in [-0.15, -0.1) is 0 Å². The fraction of sp³-hybridized carbons (Fsp3) is 0.462. The van der Waals surface area contributed by atoms with Gasteiger partial charge in [0.1, 0.15) is 11.6 Å². The Morgan fingerprint density at radius 1 is 1.37 bits per heavy atom. The molecule has 0 aliphatic heterocycles. The standard InChI is InChI=1S/C13H19F2N3S/c1-9(11-5-4-10(14)8-12(11)15)17-13(19)16-6-7-18(2)3/h4-5,8-9H,6-7H2,1-3H3,(H2,16,17,19)/p+1/t9-/m1/s1. The van der Waals surface area contributed by atoms with Crippen LogP contribution in [-0.4, -0.2) is 32.3 Å². The molecule has 1 aromatic carbocycles. The first-order valence-corrected chi connectivity index (χ1v) is 6.59. The summed E-state index contributed by atoms with van der Waals surface area (Å²) in [6, 6.07) is 3.23. The molecule has 1 aromatic rings. The van der Waals surface area contributed by atoms with Gasteiger partial charge in [0.25, 0.3) is 0 Å². The van der Waals surface area contributed by atoms with E-state index in [9.17, 15) is 8.78 Å². The van der Waals surface area contributed by atoms with Crippen molar-refractivity contribution in [2.45, 2.75) is 13.0 Å². The summed E-state index contributed by atoms with van der Waals surface area (Å²) in [5.74, 6) is -1.15. The topological polar surface area (TPSA) is 28.5 Å². The molecule has 1 rings (SSSR count). The van der Waals surface area contributed by atoms with E-state index in [-0.39, 0.29) is 6.04 Å². The van der Waals surface area contributed by atoms with Crippen LogP contribution in [0.1, 0.15) is 18.5 Å². The lowest BCUT2D eigenvalue weighted by Gasteiger charge is -2.18. The number of nitrogens with one attached hydrogen (secondary N) is 3. The van der Waals surface area contributed by atoms with Gasteiger partial charge >= 0.3 is 0 Å². The number of thiocarbonyl (C=S) groups is 1. The molecule has 106 valence electrons. The third-order valence-corrected chi connectivity index (χ3v) is 2.95. The number of quaternary nitrogens is 1. The van der Waals surface area contributed by atoms with Gasteiger partial charge in [-0.1, -0.05) is 6.07 Å². The minimum Gasteiger partial charge on any atom is -0.357 e. The molecule has 0 saturated heterocycles. The van der Waals surface area contributed by atoms with Crippen molar-refractivity contribution in [2.75, 3.05) is 27.2 Å². The van der Waals surface area contributed by atoms with Gasteiger partial charge in [0.15, 0.2) is 5.11 Å². The first-order valence-electron chi connectivity index (χ1n) is 6.18. The second-order valence-corrected chi connectivity index (χ2v) is 5.15. The van der Waals surface area contributed by atoms with Crippen molar-refractivity contribution in [1.82, 2.24) is 10.6 Å². The van der Waals surface area contributed by atoms with Gasteiger partial charge in [0.2, 0.25) is 0 Å². The van der Waals surface area contributed by atoms with Crippen LogP contribution in [0.15, 0.2) is 18.2 Å². The molecule has 0 bridgehead atoms. The number of benzene rings is 1. The second kappa shape index (κ2) is 7.35. The monoisotopic (exact) mass is 288 g/mol. The summed E-state index contributed by atoms with van der Waals surface area (Å²) >= 11 is 5.12. The number of hydrogen-bond acceptors (Lipinski definition) is 1. The summed E-state index contributed by atoms with van der Waals surface area (Å²) < 4.78 is 26.4. The maximum absolute atomic E-state index is 13.6. The molecule has 6 heteroatoms. The second-order valence-electron chi connectivity index (χ2n) is 4.74. The van der Waals surface area contributed by atoms with Crippen LogP contribution in [0.5, 0.6) is 0 Å². The van der Waals surface area contributed by atoms with E-state index in [4.69, 9.17) is 12.2 Å². The maximum atomic E-state index is 13.6. The predicted octanol–water partition coefficient (Wildman–Crippen LogP) is 0.634. The first kappa shape index (κ1) is 15.8. The number of halogens is 2. The summed E-state index contributed by atoms with van der Waals surface area (Å²) in [5, 5.41) is 6.50. The number of likely N-dealkylation sites (N-methyl/N-ethyl adjacent to an activating group) is 1. The molecule has 3 N–H and O–H groups in total. The molecule has 0 aromatic heterocycles. The van der Waals surface area contributed by atoms with Crippen molar-refractivity contribution < 1.29 is 13.7 Å². The number of rotatable bonds is 5. The highest BCUT2D eigenvalue weighted by molar-refractivity contribution is 7.80. The van der Waals surface area contributed by atoms with Gasteiger partial charge in [-0.05, 0) is 25.2 Å². The van der Waals surface area contributed by atoms with Crippen molar-refractivity contribution in [3.8, 4) is 0 Å². The van der Waals surface area contributed by atoms with E-state index in [1.165, 1.54) is 17.0 Å². The molecule has 1 atom stereocenters. The molecule has 0 amide bonds. The Kier molecular flexibility index (Phi) is 6.11. The summed E-state index contributed by atoms with van der Waals surface area (Å²) in [6.45, 7) is 3.45. The van der Waals surface area contributed by atoms with Crippen LogP contribution in [0.4, 0.5) is 8.78 Å². The molecule has 0 aliphatic carbocycles. The highest BCUT2D eigenvalue weighted by atomic mass is 32.1. The van der Waals surface area contributed by atoms with Crippen molar-refractivity contribution >= 4 is 17.3 Å². The van der Waals surface area contributed by atoms with Crippen LogP contribution in [-0.2, 0) is 0 Å². The zero-order valence-corrected chi connectivity index (χ0v) is 12.2. The summed E-state index contributed by atoms with van der Waals surface area (Å²) in [7, 11) is 4.10. The normalized spacial score (nSPS) is 12.3. The molecule has 0 saturated carbocycles. The summed E-state index contributed by atoms with van der Waals surface area (Å²) in [4.78, 5) is 1.31. The zero-order chi connectivity index (χ0) is 14.4. The Labute approximate surface area is 118 Å². The van der Waals surface area contributed by atoms with Crippen LogP contribution in [0.2, 0.25) is 0 Å². The van der Waals surface area contributed by atoms with Gasteiger partial charge in [0, 0.05) is 11.6 Å². The Balaban J connectivity index is 2.49. The highest BCUT2D eigenvalue weighted by Crippen LogP contribution is 2.17. The highest BCUT2D eigenvalue weighted by Gasteiger charge is 2.12. The van der Waals surface area contributed by atoms with Crippen LogP contribution in [0, 0.1) is 11.6 Å². The van der Waals surface area contributed by atoms with Gasteiger partial charge in [0.05, 0.1) is 33.2 Å². The zero-order valence-electron chi connectivity index (χ0n) is 11.4. The van der Waals surface area contributed by atoms with Gasteiger partial charge in [-0.25, -0.2) is 8.78 Å². The molecule has 19 heavy (non-hydrogen) atoms. The SMILES string of the molecule is C[C@@H](NC(=S)NCC[NH+](C)C)c1ccc(F)cc1F. The average molecular weight is 288 g/mol. The Morgan fingerprint density at radius 3 is 2.63 bits per heavy atom. The molecular weight excluding hydrogens is 268 g/mol. The first-order chi connectivity index (χ1) is 8.90. The molecule has 0 aliphatic rings. The van der Waals surface area contributed by atoms with Gasteiger partial charge in [-0.3, -0.25) is 0 Å². The smallest absolute Gasteiger partial charge is 0.166 e. The lowest BCUT2D eigenvalue weighted by Crippen LogP contribution is -3.06. The van der Waals surface area contributed by atoms with E-state index in [0.717, 1.165) is 19.2 Å². The van der Waals surface area contributed by atoms with E-state index in [2.05, 4.69) is 24.7 Å². The van der Waals surface area contributed by atoms with Crippen LogP contribution in [0.3, 0.4) is 0 Å². The van der Waals surface area contributed by atoms with E-state index >= 15 is 0 Å². The van der Waals surface area contributed by atoms with E-state index in [0.29, 0.717) is 10.7 Å². The van der Waals surface area contributed by atoms with Gasteiger partial charge in [-0.2, -0.15) is 0 Å². The average Bonchev–Trinajstić information content (AvgIpc) is 2.27. The van der Waals surface area contributed by atoms with Crippen molar-refractivity contribution in [3.05, 3.63) is 35.4 Å². The van der Waals surface area contributed by atoms with Crippen molar-refractivity contribution in [1.29, 1.82) is 0 Å². The molecule has 0 fully saturated rings. The predicted molar refractivity (Wildman–Crippen MR) is 76.2 cm³/mol. The summed E-state index contributed by atoms with van der Waals surface area (Å²) in [5.41, 5.74) is 0.392. The minimum absolute atomic E-state index is 0.313. The van der Waals surface area contributed by atoms with Gasteiger partial charge < -0.3 is 15.5 Å². The van der Waals surface area contributed by atoms with Crippen LogP contribution < -0.4 is 15.5 Å². The lowest BCUT2D eigenvalue weighted by molar-refractivity contribution is -0.856. The molecule has 0 radical (unpaired) electrons. The maximum Gasteiger partial charge on any atom is 0.166 e. The fourth-order valence-corrected chi connectivity index (χ4v) is 1.88. The van der Waals surface area contributed by atoms with Crippen LogP contribution in [0.25, 0.3) is 0 Å². The minimum atomic E-state index is -0.580. The molecular formula is C13H20F2N3S+. The van der Waals surface area contributed by atoms with E-state index in [1.807, 2.05) is 0 Å². The Bertz CT molecular complexity index is 438. The van der Waals surface area contributed by atoms with Crippen molar-refractivity contribution in [3.63, 3.8) is 0 Å². The fourth-order valence-electron chi connectivity index (χ4n) is 1.60. The molecule has 0 heterocycles. The van der Waals surface area contributed by atoms with Crippen LogP contribution >= 0.6 is 12.2 Å². The molecule has 3 nitrogen and oxygen atoms in total. The lowest BCUT2D eigenvalue weighted by atomic mass is 10.1. The van der Waals surface area contributed by atoms with E-state index in [1.54, 1.807) is 6.92 Å². The largest absolute Gasteiger partial charge is 0.357 e. The quantitative estimate of drug-likeness (QED) is 0.694. The molecule has 0 unspecified atom stereocenters. The number of hydrogen-bond donors (Lipinski definition) is 3. The Morgan fingerprint density at radius 2 is 2.05 bits per heavy atom. The Hall–Kier alpha value is -1.27. The third-order valence-electron chi connectivity index (χ3n) is 2.69. The molecule has 0 spiro atoms. The van der Waals surface area contributed by atoms with E-state index < -0.39 is 11.6 Å². The van der Waals surface area contributed by atoms with Crippen molar-refractivity contribution in [2.24, 2.45) is 0 Å².